The summed E-state index contributed by atoms with van der Waals surface area (Å²) in [5.74, 6) is -0.340. The fraction of sp³-hybridized carbons (Fsp3) is 0.667. The molecule has 4 rings (SSSR count). The molecule has 9 heteroatoms. The molecule has 1 aliphatic heterocycles. The van der Waals surface area contributed by atoms with E-state index in [1.807, 2.05) is 13.8 Å². The van der Waals surface area contributed by atoms with Crippen LogP contribution in [0.25, 0.3) is 0 Å². The average molecular weight is 505 g/mol. The maximum absolute atomic E-state index is 13.7. The number of fused-ring (bicyclic) bond motifs is 3. The Morgan fingerprint density at radius 1 is 1.19 bits per heavy atom. The van der Waals surface area contributed by atoms with Gasteiger partial charge in [0, 0.05) is 24.3 Å². The van der Waals surface area contributed by atoms with Crippen LogP contribution in [0.2, 0.25) is 0 Å². The summed E-state index contributed by atoms with van der Waals surface area (Å²) in [5, 5.41) is 30.5. The quantitative estimate of drug-likeness (QED) is 0.376. The van der Waals surface area contributed by atoms with Crippen molar-refractivity contribution in [3.8, 4) is 0 Å². The van der Waals surface area contributed by atoms with Gasteiger partial charge in [-0.05, 0) is 49.0 Å². The SMILES string of the molecule is CC(=O)OC1C=C2C3=C(C(C)C)CC[C@]3(C)C(=O)C[C@@]2(C)[C@@H](O[C@@H]2OC[C@@H](O)[C@H](O)[C@H]2O)C=C1C=O. The molecule has 0 amide bonds. The van der Waals surface area contributed by atoms with Gasteiger partial charge in [-0.1, -0.05) is 26.3 Å². The number of esters is 1. The molecule has 0 spiro atoms. The van der Waals surface area contributed by atoms with E-state index < -0.39 is 53.6 Å². The van der Waals surface area contributed by atoms with E-state index in [0.29, 0.717) is 12.7 Å². The number of carbonyl (C=O) groups is 3. The zero-order valence-corrected chi connectivity index (χ0v) is 21.4. The van der Waals surface area contributed by atoms with Gasteiger partial charge in [-0.25, -0.2) is 0 Å². The minimum Gasteiger partial charge on any atom is -0.453 e. The molecule has 4 aliphatic rings. The monoisotopic (exact) mass is 504 g/mol. The van der Waals surface area contributed by atoms with E-state index in [4.69, 9.17) is 14.2 Å². The third-order valence-corrected chi connectivity index (χ3v) is 8.27. The summed E-state index contributed by atoms with van der Waals surface area (Å²) < 4.78 is 17.2. The topological polar surface area (TPSA) is 140 Å². The van der Waals surface area contributed by atoms with Gasteiger partial charge in [0.15, 0.2) is 6.29 Å². The molecule has 0 radical (unpaired) electrons. The normalized spacial score (nSPS) is 40.8. The van der Waals surface area contributed by atoms with Crippen LogP contribution < -0.4 is 0 Å². The van der Waals surface area contributed by atoms with Gasteiger partial charge in [0.1, 0.15) is 36.5 Å². The minimum atomic E-state index is -1.55. The van der Waals surface area contributed by atoms with E-state index in [2.05, 4.69) is 13.8 Å². The first-order valence-corrected chi connectivity index (χ1v) is 12.5. The molecule has 2 fully saturated rings. The van der Waals surface area contributed by atoms with Crippen LogP contribution in [-0.2, 0) is 28.6 Å². The van der Waals surface area contributed by atoms with E-state index >= 15 is 0 Å². The molecule has 0 aromatic rings. The highest BCUT2D eigenvalue weighted by Crippen LogP contribution is 2.60. The van der Waals surface area contributed by atoms with Gasteiger partial charge >= 0.3 is 5.97 Å². The number of allylic oxidation sites excluding steroid dienone is 2. The smallest absolute Gasteiger partial charge is 0.303 e. The number of aliphatic hydroxyl groups excluding tert-OH is 3. The maximum atomic E-state index is 13.7. The van der Waals surface area contributed by atoms with Gasteiger partial charge in [0.05, 0.1) is 18.1 Å². The standard InChI is InChI=1S/C27H36O9/c1-13(2)16-6-7-26(4)20(31)10-27(5)17(22(16)26)9-19(35-14(3)29)15(11-28)8-21(27)36-25-24(33)23(32)18(30)12-34-25/h8-9,11,13,18-19,21,23-25,30,32-33H,6-7,10,12H2,1-5H3/t18-,19?,21+,23+,24-,25+,26-,27-/m1/s1. The maximum Gasteiger partial charge on any atom is 0.303 e. The van der Waals surface area contributed by atoms with E-state index in [1.54, 1.807) is 6.08 Å². The van der Waals surface area contributed by atoms with Crippen molar-refractivity contribution >= 4 is 18.0 Å². The lowest BCUT2D eigenvalue weighted by atomic mass is 9.57. The van der Waals surface area contributed by atoms with Gasteiger partial charge in [0.25, 0.3) is 0 Å². The molecule has 3 N–H and O–H groups in total. The number of hydrogen-bond donors (Lipinski definition) is 3. The lowest BCUT2D eigenvalue weighted by molar-refractivity contribution is -0.285. The first-order chi connectivity index (χ1) is 16.8. The molecule has 8 atom stereocenters. The van der Waals surface area contributed by atoms with Crippen LogP contribution in [0.5, 0.6) is 0 Å². The Morgan fingerprint density at radius 2 is 1.89 bits per heavy atom. The van der Waals surface area contributed by atoms with Crippen LogP contribution in [-0.4, -0.2) is 76.8 Å². The molecule has 198 valence electrons. The van der Waals surface area contributed by atoms with Crippen LogP contribution in [0.1, 0.15) is 53.9 Å². The molecule has 1 saturated carbocycles. The van der Waals surface area contributed by atoms with Crippen LogP contribution in [0, 0.1) is 16.7 Å². The van der Waals surface area contributed by atoms with E-state index in [1.165, 1.54) is 13.0 Å². The molecular formula is C27H36O9. The number of ether oxygens (including phenoxy) is 3. The highest BCUT2D eigenvalue weighted by Gasteiger charge is 2.57. The number of Topliss-reactive ketones (excluding diaryl/α,β-unsaturated/α-hetero) is 1. The summed E-state index contributed by atoms with van der Waals surface area (Å²) in [4.78, 5) is 37.8. The van der Waals surface area contributed by atoms with Crippen molar-refractivity contribution < 1.29 is 43.9 Å². The number of ketones is 1. The van der Waals surface area contributed by atoms with E-state index in [0.717, 1.165) is 23.1 Å². The van der Waals surface area contributed by atoms with Crippen LogP contribution in [0.4, 0.5) is 0 Å². The number of aliphatic hydroxyl groups is 3. The van der Waals surface area contributed by atoms with E-state index in [9.17, 15) is 29.7 Å². The molecule has 1 unspecified atom stereocenters. The van der Waals surface area contributed by atoms with Crippen molar-refractivity contribution in [3.63, 3.8) is 0 Å². The number of hydrogen-bond acceptors (Lipinski definition) is 9. The molecule has 0 aromatic carbocycles. The van der Waals surface area contributed by atoms with Gasteiger partial charge in [-0.3, -0.25) is 14.4 Å². The Labute approximate surface area is 210 Å². The first-order valence-electron chi connectivity index (χ1n) is 12.5. The van der Waals surface area contributed by atoms with Crippen molar-refractivity contribution in [2.75, 3.05) is 6.61 Å². The lowest BCUT2D eigenvalue weighted by Gasteiger charge is -2.48. The third kappa shape index (κ3) is 4.31. The van der Waals surface area contributed by atoms with Crippen LogP contribution in [0.3, 0.4) is 0 Å². The number of rotatable bonds is 5. The summed E-state index contributed by atoms with van der Waals surface area (Å²) in [6, 6.07) is 0. The molecular weight excluding hydrogens is 468 g/mol. The Hall–Kier alpha value is -2.17. The Morgan fingerprint density at radius 3 is 2.50 bits per heavy atom. The highest BCUT2D eigenvalue weighted by molar-refractivity contribution is 5.94. The summed E-state index contributed by atoms with van der Waals surface area (Å²) in [7, 11) is 0. The van der Waals surface area contributed by atoms with Gasteiger partial charge in [-0.2, -0.15) is 0 Å². The summed E-state index contributed by atoms with van der Waals surface area (Å²) in [5.41, 5.74) is 1.28. The highest BCUT2D eigenvalue weighted by atomic mass is 16.7. The first kappa shape index (κ1) is 26.9. The Balaban J connectivity index is 1.88. The average Bonchev–Trinajstić information content (AvgIpc) is 3.12. The molecule has 0 bridgehead atoms. The summed E-state index contributed by atoms with van der Waals surface area (Å²) in [6.07, 6.45) is -2.15. The Kier molecular flexibility index (Phi) is 7.18. The van der Waals surface area contributed by atoms with Crippen molar-refractivity contribution in [3.05, 3.63) is 34.4 Å². The van der Waals surface area contributed by atoms with Crippen LogP contribution >= 0.6 is 0 Å². The van der Waals surface area contributed by atoms with Crippen molar-refractivity contribution in [1.82, 2.24) is 0 Å². The molecule has 9 nitrogen and oxygen atoms in total. The molecule has 1 saturated heterocycles. The summed E-state index contributed by atoms with van der Waals surface area (Å²) >= 11 is 0. The zero-order valence-electron chi connectivity index (χ0n) is 21.4. The third-order valence-electron chi connectivity index (χ3n) is 8.27. The van der Waals surface area contributed by atoms with Gasteiger partial charge in [-0.15, -0.1) is 0 Å². The second-order valence-corrected chi connectivity index (χ2v) is 11.1. The Bertz CT molecular complexity index is 1040. The second-order valence-electron chi connectivity index (χ2n) is 11.1. The number of carbonyl (C=O) groups excluding carboxylic acids is 3. The summed E-state index contributed by atoms with van der Waals surface area (Å²) in [6.45, 7) is 8.97. The van der Waals surface area contributed by atoms with Crippen molar-refractivity contribution in [2.24, 2.45) is 16.7 Å². The number of aldehydes is 1. The van der Waals surface area contributed by atoms with Crippen molar-refractivity contribution in [1.29, 1.82) is 0 Å². The fourth-order valence-corrected chi connectivity index (χ4v) is 6.07. The van der Waals surface area contributed by atoms with E-state index in [-0.39, 0.29) is 30.3 Å². The second kappa shape index (κ2) is 9.61. The predicted octanol–water partition coefficient (Wildman–Crippen LogP) is 1.54. The van der Waals surface area contributed by atoms with Gasteiger partial charge in [0.2, 0.25) is 0 Å². The molecule has 3 aliphatic carbocycles. The molecule has 36 heavy (non-hydrogen) atoms. The minimum absolute atomic E-state index is 0.0500. The zero-order chi connectivity index (χ0) is 26.6. The van der Waals surface area contributed by atoms with Crippen molar-refractivity contribution in [2.45, 2.75) is 90.7 Å². The lowest BCUT2D eigenvalue weighted by Crippen LogP contribution is -2.56. The predicted molar refractivity (Wildman–Crippen MR) is 127 cm³/mol. The molecule has 1 heterocycles. The molecule has 0 aromatic heterocycles. The largest absolute Gasteiger partial charge is 0.453 e. The van der Waals surface area contributed by atoms with Crippen LogP contribution in [0.15, 0.2) is 34.4 Å². The fourth-order valence-electron chi connectivity index (χ4n) is 6.07. The van der Waals surface area contributed by atoms with Gasteiger partial charge < -0.3 is 29.5 Å².